The summed E-state index contributed by atoms with van der Waals surface area (Å²) in [7, 11) is 0. The van der Waals surface area contributed by atoms with Crippen LogP contribution in [0.2, 0.25) is 0 Å². The van der Waals surface area contributed by atoms with E-state index in [0.717, 1.165) is 17.7 Å². The van der Waals surface area contributed by atoms with Gasteiger partial charge in [-0.2, -0.15) is 0 Å². The molecule has 1 aliphatic carbocycles. The third-order valence-electron chi connectivity index (χ3n) is 2.99. The monoisotopic (exact) mass is 202 g/mol. The van der Waals surface area contributed by atoms with Gasteiger partial charge in [-0.3, -0.25) is 0 Å². The summed E-state index contributed by atoms with van der Waals surface area (Å²) >= 11 is 0. The first kappa shape index (κ1) is 8.92. The molecule has 78 valence electrons. The smallest absolute Gasteiger partial charge is 0.170 e. The van der Waals surface area contributed by atoms with Crippen molar-refractivity contribution in [1.82, 2.24) is 5.16 Å². The van der Waals surface area contributed by atoms with E-state index < -0.39 is 0 Å². The predicted octanol–water partition coefficient (Wildman–Crippen LogP) is 2.21. The van der Waals surface area contributed by atoms with E-state index in [1.807, 2.05) is 0 Å². The molecule has 0 unspecified atom stereocenters. The summed E-state index contributed by atoms with van der Waals surface area (Å²) in [6.45, 7) is 0.651. The number of nitrogens with two attached hydrogens (primary N) is 1. The molecule has 3 nitrogen and oxygen atoms in total. The Morgan fingerprint density at radius 2 is 2.27 bits per heavy atom. The maximum absolute atomic E-state index is 5.57. The van der Waals surface area contributed by atoms with Gasteiger partial charge in [-0.25, -0.2) is 0 Å². The standard InChI is InChI=1S/C12H14N2O/c13-7-6-9-2-1-3-10-11(8-4-5-8)14-15-12(9)10/h1-3,8H,4-7,13H2. The minimum Gasteiger partial charge on any atom is -0.356 e. The molecule has 1 aromatic heterocycles. The van der Waals surface area contributed by atoms with Gasteiger partial charge in [-0.05, 0) is 37.4 Å². The van der Waals surface area contributed by atoms with Gasteiger partial charge < -0.3 is 10.3 Å². The summed E-state index contributed by atoms with van der Waals surface area (Å²) in [4.78, 5) is 0. The SMILES string of the molecule is NCCc1cccc2c(C3CC3)noc12. The third-order valence-corrected chi connectivity index (χ3v) is 2.99. The average molecular weight is 202 g/mol. The van der Waals surface area contributed by atoms with E-state index in [1.54, 1.807) is 0 Å². The molecule has 0 amide bonds. The fourth-order valence-electron chi connectivity index (χ4n) is 2.04. The molecule has 2 N–H and O–H groups in total. The molecule has 0 saturated heterocycles. The third kappa shape index (κ3) is 1.43. The summed E-state index contributed by atoms with van der Waals surface area (Å²) in [6.07, 6.45) is 3.36. The summed E-state index contributed by atoms with van der Waals surface area (Å²) in [5.41, 5.74) is 8.82. The lowest BCUT2D eigenvalue weighted by atomic mass is 10.1. The number of fused-ring (bicyclic) bond motifs is 1. The highest BCUT2D eigenvalue weighted by Crippen LogP contribution is 2.42. The van der Waals surface area contributed by atoms with Crippen LogP contribution in [-0.2, 0) is 6.42 Å². The van der Waals surface area contributed by atoms with Crippen molar-refractivity contribution in [3.8, 4) is 0 Å². The highest BCUT2D eigenvalue weighted by atomic mass is 16.5. The summed E-state index contributed by atoms with van der Waals surface area (Å²) < 4.78 is 5.43. The zero-order chi connectivity index (χ0) is 10.3. The van der Waals surface area contributed by atoms with Crippen LogP contribution in [0.4, 0.5) is 0 Å². The van der Waals surface area contributed by atoms with Crippen LogP contribution in [0.15, 0.2) is 22.7 Å². The van der Waals surface area contributed by atoms with Crippen molar-refractivity contribution in [2.45, 2.75) is 25.2 Å². The van der Waals surface area contributed by atoms with Crippen LogP contribution in [0.1, 0.15) is 30.0 Å². The number of rotatable bonds is 3. The number of hydrogen-bond acceptors (Lipinski definition) is 3. The molecule has 0 aliphatic heterocycles. The minimum absolute atomic E-state index is 0.638. The highest BCUT2D eigenvalue weighted by Gasteiger charge is 2.29. The van der Waals surface area contributed by atoms with Crippen LogP contribution in [0.25, 0.3) is 11.0 Å². The Hall–Kier alpha value is -1.35. The highest BCUT2D eigenvalue weighted by molar-refractivity contribution is 5.83. The lowest BCUT2D eigenvalue weighted by Gasteiger charge is -1.98. The number of nitrogens with zero attached hydrogens (tertiary/aromatic N) is 1. The van der Waals surface area contributed by atoms with E-state index in [4.69, 9.17) is 10.3 Å². The van der Waals surface area contributed by atoms with Gasteiger partial charge in [0.15, 0.2) is 5.58 Å². The molecule has 0 radical (unpaired) electrons. The maximum atomic E-state index is 5.57. The second kappa shape index (κ2) is 3.35. The molecule has 15 heavy (non-hydrogen) atoms. The largest absolute Gasteiger partial charge is 0.356 e. The molecule has 0 bridgehead atoms. The molecular weight excluding hydrogens is 188 g/mol. The van der Waals surface area contributed by atoms with E-state index in [2.05, 4.69) is 23.4 Å². The Balaban J connectivity index is 2.14. The Labute approximate surface area is 88.2 Å². The zero-order valence-electron chi connectivity index (χ0n) is 8.57. The topological polar surface area (TPSA) is 52.0 Å². The molecule has 0 atom stereocenters. The Bertz CT molecular complexity index is 485. The molecule has 1 fully saturated rings. The van der Waals surface area contributed by atoms with E-state index >= 15 is 0 Å². The van der Waals surface area contributed by atoms with Crippen LogP contribution in [0.5, 0.6) is 0 Å². The molecule has 1 aromatic carbocycles. The van der Waals surface area contributed by atoms with Crippen molar-refractivity contribution < 1.29 is 4.52 Å². The van der Waals surface area contributed by atoms with Gasteiger partial charge in [0, 0.05) is 11.3 Å². The van der Waals surface area contributed by atoms with Crippen LogP contribution in [0, 0.1) is 0 Å². The van der Waals surface area contributed by atoms with Gasteiger partial charge in [0.05, 0.1) is 5.69 Å². The quantitative estimate of drug-likeness (QED) is 0.830. The van der Waals surface area contributed by atoms with Crippen molar-refractivity contribution in [3.63, 3.8) is 0 Å². The average Bonchev–Trinajstić information content (AvgIpc) is 3.00. The molecule has 0 spiro atoms. The van der Waals surface area contributed by atoms with Gasteiger partial charge in [0.25, 0.3) is 0 Å². The van der Waals surface area contributed by atoms with Gasteiger partial charge in [0.2, 0.25) is 0 Å². The predicted molar refractivity (Wildman–Crippen MR) is 58.7 cm³/mol. The van der Waals surface area contributed by atoms with E-state index in [1.165, 1.54) is 23.8 Å². The molecule has 2 aromatic rings. The Morgan fingerprint density at radius 1 is 1.40 bits per heavy atom. The van der Waals surface area contributed by atoms with Crippen LogP contribution < -0.4 is 5.73 Å². The van der Waals surface area contributed by atoms with Gasteiger partial charge in [-0.15, -0.1) is 0 Å². The molecule has 1 aliphatic rings. The fraction of sp³-hybridized carbons (Fsp3) is 0.417. The number of benzene rings is 1. The second-order valence-corrected chi connectivity index (χ2v) is 4.17. The van der Waals surface area contributed by atoms with Crippen LogP contribution in [-0.4, -0.2) is 11.7 Å². The molecule has 1 heterocycles. The summed E-state index contributed by atoms with van der Waals surface area (Å²) in [5, 5.41) is 5.37. The number of para-hydroxylation sites is 1. The normalized spacial score (nSPS) is 16.1. The first-order chi connectivity index (χ1) is 7.40. The van der Waals surface area contributed by atoms with Gasteiger partial charge in [0.1, 0.15) is 0 Å². The van der Waals surface area contributed by atoms with E-state index in [-0.39, 0.29) is 0 Å². The van der Waals surface area contributed by atoms with Crippen LogP contribution >= 0.6 is 0 Å². The van der Waals surface area contributed by atoms with E-state index in [9.17, 15) is 0 Å². The number of aromatic nitrogens is 1. The Kier molecular flexibility index (Phi) is 1.99. The van der Waals surface area contributed by atoms with Crippen molar-refractivity contribution >= 4 is 11.0 Å². The number of hydrogen-bond donors (Lipinski definition) is 1. The Morgan fingerprint density at radius 3 is 3.00 bits per heavy atom. The lowest BCUT2D eigenvalue weighted by Crippen LogP contribution is -2.02. The van der Waals surface area contributed by atoms with Crippen molar-refractivity contribution in [3.05, 3.63) is 29.5 Å². The van der Waals surface area contributed by atoms with Crippen molar-refractivity contribution in [2.75, 3.05) is 6.54 Å². The summed E-state index contributed by atoms with van der Waals surface area (Å²) in [5.74, 6) is 0.638. The van der Waals surface area contributed by atoms with Gasteiger partial charge in [-0.1, -0.05) is 17.3 Å². The molecule has 3 heteroatoms. The van der Waals surface area contributed by atoms with E-state index in [0.29, 0.717) is 12.5 Å². The summed E-state index contributed by atoms with van der Waals surface area (Å²) in [6, 6.07) is 6.23. The first-order valence-electron chi connectivity index (χ1n) is 5.47. The first-order valence-corrected chi connectivity index (χ1v) is 5.47. The second-order valence-electron chi connectivity index (χ2n) is 4.17. The maximum Gasteiger partial charge on any atom is 0.170 e. The van der Waals surface area contributed by atoms with Gasteiger partial charge >= 0.3 is 0 Å². The fourth-order valence-corrected chi connectivity index (χ4v) is 2.04. The molecule has 3 rings (SSSR count). The molecule has 1 saturated carbocycles. The zero-order valence-corrected chi connectivity index (χ0v) is 8.57. The van der Waals surface area contributed by atoms with Crippen molar-refractivity contribution in [2.24, 2.45) is 5.73 Å². The lowest BCUT2D eigenvalue weighted by molar-refractivity contribution is 0.444. The minimum atomic E-state index is 0.638. The van der Waals surface area contributed by atoms with Crippen molar-refractivity contribution in [1.29, 1.82) is 0 Å². The van der Waals surface area contributed by atoms with Crippen LogP contribution in [0.3, 0.4) is 0 Å². The molecular formula is C12H14N2O.